The van der Waals surface area contributed by atoms with Crippen molar-refractivity contribution >= 4 is 16.7 Å². The summed E-state index contributed by atoms with van der Waals surface area (Å²) in [6.07, 6.45) is 3.33. The number of carbonyl (C=O) groups is 1. The number of fused-ring (bicyclic) bond motifs is 1. The van der Waals surface area contributed by atoms with Crippen LogP contribution >= 0.6 is 0 Å². The summed E-state index contributed by atoms with van der Waals surface area (Å²) in [6, 6.07) is 24.6. The minimum absolute atomic E-state index is 0.00226. The van der Waals surface area contributed by atoms with Crippen LogP contribution in [0.2, 0.25) is 0 Å². The number of rotatable bonds is 5. The van der Waals surface area contributed by atoms with Gasteiger partial charge in [0, 0.05) is 0 Å². The molecule has 3 aromatic rings. The third kappa shape index (κ3) is 4.28. The van der Waals surface area contributed by atoms with Gasteiger partial charge in [-0.15, -0.1) is 0 Å². The van der Waals surface area contributed by atoms with Gasteiger partial charge < -0.3 is 4.74 Å². The first-order valence-corrected chi connectivity index (χ1v) is 11.3. The zero-order valence-corrected chi connectivity index (χ0v) is 18.3. The maximum absolute atomic E-state index is 13.7. The van der Waals surface area contributed by atoms with Crippen LogP contribution in [-0.4, -0.2) is 12.1 Å². The van der Waals surface area contributed by atoms with Crippen LogP contribution < -0.4 is 0 Å². The molecule has 1 aliphatic carbocycles. The highest BCUT2D eigenvalue weighted by molar-refractivity contribution is 5.93. The Labute approximate surface area is 180 Å². The summed E-state index contributed by atoms with van der Waals surface area (Å²) >= 11 is 0. The second kappa shape index (κ2) is 9.04. The molecule has 0 aromatic heterocycles. The predicted octanol–water partition coefficient (Wildman–Crippen LogP) is 6.98. The van der Waals surface area contributed by atoms with Crippen molar-refractivity contribution in [2.45, 2.75) is 52.1 Å². The molecule has 0 radical (unpaired) electrons. The van der Waals surface area contributed by atoms with Gasteiger partial charge in [0.1, 0.15) is 12.0 Å². The van der Waals surface area contributed by atoms with Crippen LogP contribution in [0.5, 0.6) is 0 Å². The van der Waals surface area contributed by atoms with Gasteiger partial charge in [0.2, 0.25) is 0 Å². The first kappa shape index (κ1) is 20.7. The Kier molecular flexibility index (Phi) is 6.22. The molecular weight excluding hydrogens is 368 g/mol. The van der Waals surface area contributed by atoms with Gasteiger partial charge >= 0.3 is 5.97 Å². The van der Waals surface area contributed by atoms with E-state index in [4.69, 9.17) is 4.74 Å². The second-order valence-corrected chi connectivity index (χ2v) is 9.21. The van der Waals surface area contributed by atoms with Gasteiger partial charge in [0.25, 0.3) is 0 Å². The summed E-state index contributed by atoms with van der Waals surface area (Å²) in [5.74, 6) is 1.02. The molecule has 0 N–H and O–H groups in total. The van der Waals surface area contributed by atoms with Gasteiger partial charge in [-0.2, -0.15) is 0 Å². The summed E-state index contributed by atoms with van der Waals surface area (Å²) in [5.41, 5.74) is 2.01. The minimum atomic E-state index is -0.414. The fourth-order valence-corrected chi connectivity index (χ4v) is 5.06. The Hall–Kier alpha value is -2.61. The lowest BCUT2D eigenvalue weighted by Crippen LogP contribution is -2.37. The minimum Gasteiger partial charge on any atom is -0.461 e. The van der Waals surface area contributed by atoms with Crippen molar-refractivity contribution in [3.8, 4) is 0 Å². The molecule has 4 rings (SSSR count). The number of benzene rings is 3. The lowest BCUT2D eigenvalue weighted by atomic mass is 9.75. The maximum atomic E-state index is 13.7. The van der Waals surface area contributed by atoms with Crippen molar-refractivity contribution < 1.29 is 9.53 Å². The average Bonchev–Trinajstić information content (AvgIpc) is 2.75. The van der Waals surface area contributed by atoms with E-state index >= 15 is 0 Å². The first-order valence-electron chi connectivity index (χ1n) is 11.3. The van der Waals surface area contributed by atoms with Gasteiger partial charge in [-0.25, -0.2) is 0 Å². The third-order valence-corrected chi connectivity index (χ3v) is 6.73. The molecule has 0 aliphatic heterocycles. The van der Waals surface area contributed by atoms with Crippen molar-refractivity contribution in [2.24, 2.45) is 17.8 Å². The van der Waals surface area contributed by atoms with Crippen molar-refractivity contribution in [1.82, 2.24) is 0 Å². The maximum Gasteiger partial charge on any atom is 0.318 e. The van der Waals surface area contributed by atoms with E-state index in [2.05, 4.69) is 45.0 Å². The SMILES string of the molecule is CC(C)[C@@H]1CC[C@@H](C)C[C@H]1OC(=O)[C@H](c1ccccc1)c1cccc2ccccc12. The highest BCUT2D eigenvalue weighted by Crippen LogP contribution is 2.38. The Balaban J connectivity index is 1.72. The van der Waals surface area contributed by atoms with E-state index in [1.807, 2.05) is 48.5 Å². The van der Waals surface area contributed by atoms with Crippen LogP contribution in [0.15, 0.2) is 72.8 Å². The number of ether oxygens (including phenoxy) is 1. The summed E-state index contributed by atoms with van der Waals surface area (Å²) < 4.78 is 6.32. The molecule has 156 valence electrons. The molecule has 2 heteroatoms. The van der Waals surface area contributed by atoms with Gasteiger partial charge in [0.15, 0.2) is 0 Å². The van der Waals surface area contributed by atoms with Crippen LogP contribution in [0, 0.1) is 17.8 Å². The average molecular weight is 401 g/mol. The lowest BCUT2D eigenvalue weighted by Gasteiger charge is -2.37. The second-order valence-electron chi connectivity index (χ2n) is 9.21. The van der Waals surface area contributed by atoms with E-state index in [9.17, 15) is 4.79 Å². The van der Waals surface area contributed by atoms with Crippen molar-refractivity contribution in [3.05, 3.63) is 83.9 Å². The van der Waals surface area contributed by atoms with Gasteiger partial charge in [-0.3, -0.25) is 4.79 Å². The third-order valence-electron chi connectivity index (χ3n) is 6.73. The molecule has 0 amide bonds. The molecule has 0 unspecified atom stereocenters. The summed E-state index contributed by atoms with van der Waals surface area (Å²) in [7, 11) is 0. The summed E-state index contributed by atoms with van der Waals surface area (Å²) in [4.78, 5) is 13.7. The Morgan fingerprint density at radius 2 is 1.60 bits per heavy atom. The van der Waals surface area contributed by atoms with Crippen molar-refractivity contribution in [2.75, 3.05) is 0 Å². The normalized spacial score (nSPS) is 22.7. The van der Waals surface area contributed by atoms with E-state index in [0.29, 0.717) is 17.8 Å². The van der Waals surface area contributed by atoms with Crippen LogP contribution in [0.4, 0.5) is 0 Å². The van der Waals surface area contributed by atoms with E-state index in [1.165, 1.54) is 6.42 Å². The molecule has 0 heterocycles. The zero-order valence-electron chi connectivity index (χ0n) is 18.3. The Morgan fingerprint density at radius 3 is 2.37 bits per heavy atom. The molecule has 30 heavy (non-hydrogen) atoms. The first-order chi connectivity index (χ1) is 14.5. The largest absolute Gasteiger partial charge is 0.461 e. The smallest absolute Gasteiger partial charge is 0.318 e. The molecule has 0 saturated heterocycles. The Morgan fingerprint density at radius 1 is 0.900 bits per heavy atom. The van der Waals surface area contributed by atoms with Crippen molar-refractivity contribution in [3.63, 3.8) is 0 Å². The molecule has 4 atom stereocenters. The van der Waals surface area contributed by atoms with E-state index in [1.54, 1.807) is 0 Å². The van der Waals surface area contributed by atoms with E-state index < -0.39 is 5.92 Å². The molecule has 1 saturated carbocycles. The molecule has 0 bridgehead atoms. The van der Waals surface area contributed by atoms with Gasteiger partial charge in [-0.1, -0.05) is 100.0 Å². The summed E-state index contributed by atoms with van der Waals surface area (Å²) in [5, 5.41) is 2.26. The highest BCUT2D eigenvalue weighted by Gasteiger charge is 2.36. The zero-order chi connectivity index (χ0) is 21.1. The molecular formula is C28H32O2. The van der Waals surface area contributed by atoms with Gasteiger partial charge in [-0.05, 0) is 52.5 Å². The van der Waals surface area contributed by atoms with E-state index in [-0.39, 0.29) is 12.1 Å². The van der Waals surface area contributed by atoms with Crippen LogP contribution in [-0.2, 0) is 9.53 Å². The van der Waals surface area contributed by atoms with Crippen molar-refractivity contribution in [1.29, 1.82) is 0 Å². The molecule has 3 aromatic carbocycles. The van der Waals surface area contributed by atoms with E-state index in [0.717, 1.165) is 34.7 Å². The molecule has 1 fully saturated rings. The monoisotopic (exact) mass is 400 g/mol. The number of hydrogen-bond acceptors (Lipinski definition) is 2. The predicted molar refractivity (Wildman–Crippen MR) is 123 cm³/mol. The molecule has 2 nitrogen and oxygen atoms in total. The highest BCUT2D eigenvalue weighted by atomic mass is 16.5. The van der Waals surface area contributed by atoms with Crippen LogP contribution in [0.1, 0.15) is 57.1 Å². The quantitative estimate of drug-likeness (QED) is 0.432. The fraction of sp³-hybridized carbons (Fsp3) is 0.393. The molecule has 0 spiro atoms. The number of hydrogen-bond donors (Lipinski definition) is 0. The standard InChI is InChI=1S/C28H32O2/c1-19(2)23-17-16-20(3)18-26(23)30-28(29)27(22-11-5-4-6-12-22)25-15-9-13-21-10-7-8-14-24(21)25/h4-15,19-20,23,26-27H,16-18H2,1-3H3/t20-,23+,26-,27-/m1/s1. The fourth-order valence-electron chi connectivity index (χ4n) is 5.06. The topological polar surface area (TPSA) is 26.3 Å². The lowest BCUT2D eigenvalue weighted by molar-refractivity contribution is -0.156. The van der Waals surface area contributed by atoms with Gasteiger partial charge in [0.05, 0.1) is 0 Å². The summed E-state index contributed by atoms with van der Waals surface area (Å²) in [6.45, 7) is 6.78. The Bertz CT molecular complexity index is 986. The number of carbonyl (C=O) groups excluding carboxylic acids is 1. The molecule has 1 aliphatic rings. The number of esters is 1. The van der Waals surface area contributed by atoms with Crippen LogP contribution in [0.25, 0.3) is 10.8 Å². The van der Waals surface area contributed by atoms with Crippen LogP contribution in [0.3, 0.4) is 0 Å².